The molecule has 0 amide bonds. The molecule has 134 valence electrons. The number of rotatable bonds is 1. The summed E-state index contributed by atoms with van der Waals surface area (Å²) in [6.45, 7) is 2.62. The summed E-state index contributed by atoms with van der Waals surface area (Å²) < 4.78 is 0. The highest BCUT2D eigenvalue weighted by Crippen LogP contribution is 2.49. The van der Waals surface area contributed by atoms with E-state index in [1.54, 1.807) is 0 Å². The Balaban J connectivity index is 2.27. The van der Waals surface area contributed by atoms with Crippen molar-refractivity contribution in [3.63, 3.8) is 0 Å². The van der Waals surface area contributed by atoms with Gasteiger partial charge in [-0.05, 0) is 13.8 Å². The lowest BCUT2D eigenvalue weighted by Gasteiger charge is -2.27. The van der Waals surface area contributed by atoms with Gasteiger partial charge in [0.25, 0.3) is 0 Å². The van der Waals surface area contributed by atoms with Crippen LogP contribution in [-0.4, -0.2) is 42.2 Å². The number of allylic oxidation sites excluding steroid dienone is 4. The summed E-state index contributed by atoms with van der Waals surface area (Å²) >= 11 is 0. The van der Waals surface area contributed by atoms with Gasteiger partial charge >= 0.3 is 0 Å². The number of hydrogen-bond donors (Lipinski definition) is 6. The SMILES string of the molecule is CC1=C(O)/C(=C2\C(=O)C(c3c(O)cc(O)c(C)c3O)=C2O)C(O)=CC1=O. The van der Waals surface area contributed by atoms with Gasteiger partial charge in [0.15, 0.2) is 5.78 Å². The summed E-state index contributed by atoms with van der Waals surface area (Å²) in [4.78, 5) is 24.1. The molecule has 8 nitrogen and oxygen atoms in total. The van der Waals surface area contributed by atoms with Crippen LogP contribution in [0, 0.1) is 6.92 Å². The minimum atomic E-state index is -0.873. The van der Waals surface area contributed by atoms with E-state index in [0.717, 1.165) is 12.1 Å². The van der Waals surface area contributed by atoms with E-state index in [1.165, 1.54) is 13.8 Å². The molecule has 8 heteroatoms. The van der Waals surface area contributed by atoms with Crippen molar-refractivity contribution in [2.45, 2.75) is 13.8 Å². The summed E-state index contributed by atoms with van der Waals surface area (Å²) in [5, 5.41) is 59.9. The van der Waals surface area contributed by atoms with Crippen molar-refractivity contribution >= 4 is 17.1 Å². The fourth-order valence-corrected chi connectivity index (χ4v) is 2.83. The number of Topliss-reactive ketones (excluding diaryl/α,β-unsaturated/α-hetero) is 1. The standard InChI is InChI=1S/C18H14O8/c1-5-7(19)3-9(21)11(15(5)23)13-17(25)14(18(13)26)12-10(22)4-8(20)6(2)16(12)24/h3-4,19,21-25H,1-2H3/b14-12-. The molecule has 0 saturated carbocycles. The molecule has 2 aliphatic carbocycles. The molecule has 0 bridgehead atoms. The van der Waals surface area contributed by atoms with Gasteiger partial charge in [-0.25, -0.2) is 0 Å². The first-order valence-electron chi connectivity index (χ1n) is 7.40. The molecule has 0 heterocycles. The van der Waals surface area contributed by atoms with Gasteiger partial charge in [0, 0.05) is 23.3 Å². The van der Waals surface area contributed by atoms with E-state index in [2.05, 4.69) is 0 Å². The first kappa shape index (κ1) is 17.2. The second-order valence-electron chi connectivity index (χ2n) is 5.93. The average Bonchev–Trinajstić information content (AvgIpc) is 2.58. The average molecular weight is 358 g/mol. The molecule has 0 spiro atoms. The Morgan fingerprint density at radius 2 is 1.38 bits per heavy atom. The van der Waals surface area contributed by atoms with E-state index in [1.807, 2.05) is 0 Å². The molecule has 0 aliphatic heterocycles. The third-order valence-corrected chi connectivity index (χ3v) is 4.42. The van der Waals surface area contributed by atoms with E-state index in [9.17, 15) is 40.2 Å². The van der Waals surface area contributed by atoms with E-state index in [0.29, 0.717) is 0 Å². The van der Waals surface area contributed by atoms with Crippen LogP contribution in [0.1, 0.15) is 18.1 Å². The Morgan fingerprint density at radius 1 is 0.769 bits per heavy atom. The van der Waals surface area contributed by atoms with Crippen LogP contribution in [0.15, 0.2) is 46.1 Å². The summed E-state index contributed by atoms with van der Waals surface area (Å²) in [5.74, 6) is -5.20. The van der Waals surface area contributed by atoms with Gasteiger partial charge in [-0.3, -0.25) is 9.59 Å². The molecule has 0 aromatic heterocycles. The molecule has 2 aliphatic rings. The number of aliphatic hydroxyl groups is 3. The maximum absolute atomic E-state index is 12.5. The van der Waals surface area contributed by atoms with E-state index in [4.69, 9.17) is 0 Å². The molecular formula is C18H14O8. The topological polar surface area (TPSA) is 156 Å². The quantitative estimate of drug-likeness (QED) is 0.417. The fraction of sp³-hybridized carbons (Fsp3) is 0.111. The van der Waals surface area contributed by atoms with Crippen LogP contribution >= 0.6 is 0 Å². The maximum atomic E-state index is 12.5. The first-order valence-corrected chi connectivity index (χ1v) is 7.40. The number of ketones is 2. The minimum absolute atomic E-state index is 0.0170. The van der Waals surface area contributed by atoms with Crippen molar-refractivity contribution in [3.05, 3.63) is 57.3 Å². The highest BCUT2D eigenvalue weighted by Gasteiger charge is 2.43. The predicted molar refractivity (Wildman–Crippen MR) is 88.8 cm³/mol. The van der Waals surface area contributed by atoms with Crippen LogP contribution in [0.2, 0.25) is 0 Å². The van der Waals surface area contributed by atoms with E-state index in [-0.39, 0.29) is 16.7 Å². The van der Waals surface area contributed by atoms with Crippen LogP contribution < -0.4 is 0 Å². The predicted octanol–water partition coefficient (Wildman–Crippen LogP) is 2.12. The van der Waals surface area contributed by atoms with Crippen molar-refractivity contribution in [2.24, 2.45) is 0 Å². The van der Waals surface area contributed by atoms with Gasteiger partial charge in [0.1, 0.15) is 34.5 Å². The van der Waals surface area contributed by atoms with Crippen molar-refractivity contribution in [1.82, 2.24) is 0 Å². The van der Waals surface area contributed by atoms with Gasteiger partial charge in [0.05, 0.1) is 22.3 Å². The number of aliphatic hydroxyl groups excluding tert-OH is 3. The lowest BCUT2D eigenvalue weighted by atomic mass is 9.77. The maximum Gasteiger partial charge on any atom is 0.202 e. The minimum Gasteiger partial charge on any atom is -0.507 e. The molecule has 3 rings (SSSR count). The summed E-state index contributed by atoms with van der Waals surface area (Å²) in [6, 6.07) is 0.904. The zero-order valence-corrected chi connectivity index (χ0v) is 13.7. The third kappa shape index (κ3) is 2.08. The van der Waals surface area contributed by atoms with Crippen LogP contribution in [0.3, 0.4) is 0 Å². The van der Waals surface area contributed by atoms with Crippen molar-refractivity contribution in [2.75, 3.05) is 0 Å². The van der Waals surface area contributed by atoms with Crippen molar-refractivity contribution < 1.29 is 40.2 Å². The Labute approximate surface area is 146 Å². The number of benzene rings is 1. The summed E-state index contributed by atoms with van der Waals surface area (Å²) in [7, 11) is 0. The Kier molecular flexibility index (Phi) is 3.57. The molecule has 0 saturated heterocycles. The van der Waals surface area contributed by atoms with Crippen LogP contribution in [-0.2, 0) is 9.59 Å². The largest absolute Gasteiger partial charge is 0.507 e. The third-order valence-electron chi connectivity index (χ3n) is 4.42. The van der Waals surface area contributed by atoms with E-state index >= 15 is 0 Å². The lowest BCUT2D eigenvalue weighted by Crippen LogP contribution is -2.26. The molecule has 0 atom stereocenters. The number of phenolic OH excluding ortho intramolecular Hbond substituents is 3. The smallest absolute Gasteiger partial charge is 0.202 e. The van der Waals surface area contributed by atoms with Gasteiger partial charge in [-0.1, -0.05) is 0 Å². The molecule has 0 unspecified atom stereocenters. The summed E-state index contributed by atoms with van der Waals surface area (Å²) in [5.41, 5.74) is -1.84. The highest BCUT2D eigenvalue weighted by atomic mass is 16.3. The number of aromatic hydroxyl groups is 3. The van der Waals surface area contributed by atoms with Gasteiger partial charge in [0.2, 0.25) is 5.78 Å². The second kappa shape index (κ2) is 5.41. The number of carbonyl (C=O) groups excluding carboxylic acids is 2. The number of phenols is 3. The Morgan fingerprint density at radius 3 is 1.96 bits per heavy atom. The van der Waals surface area contributed by atoms with Crippen molar-refractivity contribution in [3.8, 4) is 17.2 Å². The van der Waals surface area contributed by atoms with E-state index < -0.39 is 62.8 Å². The molecule has 26 heavy (non-hydrogen) atoms. The zero-order valence-electron chi connectivity index (χ0n) is 13.7. The first-order chi connectivity index (χ1) is 12.1. The highest BCUT2D eigenvalue weighted by molar-refractivity contribution is 6.40. The monoisotopic (exact) mass is 358 g/mol. The van der Waals surface area contributed by atoms with Gasteiger partial charge in [-0.2, -0.15) is 0 Å². The van der Waals surface area contributed by atoms with Crippen molar-refractivity contribution in [1.29, 1.82) is 0 Å². The van der Waals surface area contributed by atoms with Gasteiger partial charge < -0.3 is 30.6 Å². The van der Waals surface area contributed by atoms with Crippen LogP contribution in [0.5, 0.6) is 17.2 Å². The lowest BCUT2D eigenvalue weighted by molar-refractivity contribution is -0.112. The molecule has 6 N–H and O–H groups in total. The Hall–Kier alpha value is -3.68. The molecule has 0 radical (unpaired) electrons. The zero-order chi connectivity index (χ0) is 19.5. The number of hydrogen-bond acceptors (Lipinski definition) is 8. The Bertz CT molecular complexity index is 1030. The second-order valence-corrected chi connectivity index (χ2v) is 5.93. The number of carbonyl (C=O) groups is 2. The fourth-order valence-electron chi connectivity index (χ4n) is 2.83. The summed E-state index contributed by atoms with van der Waals surface area (Å²) in [6.07, 6.45) is 0.801. The normalized spacial score (nSPS) is 20.5. The van der Waals surface area contributed by atoms with Crippen LogP contribution in [0.25, 0.3) is 5.57 Å². The van der Waals surface area contributed by atoms with Crippen LogP contribution in [0.4, 0.5) is 0 Å². The molecular weight excluding hydrogens is 344 g/mol. The molecule has 1 aromatic carbocycles. The molecule has 0 fully saturated rings. The molecule has 1 aromatic rings. The van der Waals surface area contributed by atoms with Gasteiger partial charge in [-0.15, -0.1) is 0 Å².